The fourth-order valence-corrected chi connectivity index (χ4v) is 9.70. The standard InChI is InChI=1S/C36H18N2O2S4/c1-3-7-25-19(5-1)15-27(39-25)29-9-11-31(41-29)35-37-23-13-21-18-34-24(14-22(21)17-33(23)43-35)38-36(44-34)32-12-10-30(42-32)28-16-20-6-2-4-8-26(20)40-28/h1-18H. The van der Waals surface area contributed by atoms with E-state index >= 15 is 0 Å². The molecule has 0 atom stereocenters. The molecule has 0 N–H and O–H groups in total. The summed E-state index contributed by atoms with van der Waals surface area (Å²) in [5, 5.41) is 6.66. The molecule has 4 aromatic carbocycles. The van der Waals surface area contributed by atoms with Crippen molar-refractivity contribution < 1.29 is 8.83 Å². The highest BCUT2D eigenvalue weighted by molar-refractivity contribution is 7.27. The van der Waals surface area contributed by atoms with Gasteiger partial charge < -0.3 is 8.83 Å². The second kappa shape index (κ2) is 9.45. The van der Waals surface area contributed by atoms with E-state index < -0.39 is 0 Å². The molecule has 0 aliphatic carbocycles. The summed E-state index contributed by atoms with van der Waals surface area (Å²) in [6, 6.07) is 38.0. The molecular weight excluding hydrogens is 621 g/mol. The topological polar surface area (TPSA) is 52.1 Å². The second-order valence-corrected chi connectivity index (χ2v) is 14.9. The van der Waals surface area contributed by atoms with Crippen molar-refractivity contribution in [3.05, 3.63) is 109 Å². The van der Waals surface area contributed by atoms with Gasteiger partial charge in [-0.15, -0.1) is 45.3 Å². The van der Waals surface area contributed by atoms with Crippen molar-refractivity contribution in [1.29, 1.82) is 0 Å². The van der Waals surface area contributed by atoms with Crippen LogP contribution in [0.5, 0.6) is 0 Å². The largest absolute Gasteiger partial charge is 0.455 e. The van der Waals surface area contributed by atoms with Crippen molar-refractivity contribution in [3.63, 3.8) is 0 Å². The van der Waals surface area contributed by atoms with Gasteiger partial charge in [0.15, 0.2) is 0 Å². The quantitative estimate of drug-likeness (QED) is 0.192. The normalized spacial score (nSPS) is 12.1. The van der Waals surface area contributed by atoms with Gasteiger partial charge in [-0.05, 0) is 83.6 Å². The molecule has 0 saturated carbocycles. The molecule has 6 heterocycles. The lowest BCUT2D eigenvalue weighted by molar-refractivity contribution is 0.633. The smallest absolute Gasteiger partial charge is 0.145 e. The minimum absolute atomic E-state index is 0.898. The van der Waals surface area contributed by atoms with E-state index in [0.29, 0.717) is 0 Å². The Morgan fingerprint density at radius 1 is 0.409 bits per heavy atom. The second-order valence-electron chi connectivity index (χ2n) is 10.6. The first kappa shape index (κ1) is 24.8. The predicted molar refractivity (Wildman–Crippen MR) is 187 cm³/mol. The van der Waals surface area contributed by atoms with E-state index in [2.05, 4.69) is 72.8 Å². The summed E-state index contributed by atoms with van der Waals surface area (Å²) in [5.41, 5.74) is 3.87. The van der Waals surface area contributed by atoms with Crippen LogP contribution in [0.2, 0.25) is 0 Å². The van der Waals surface area contributed by atoms with Crippen LogP contribution in [-0.2, 0) is 0 Å². The van der Waals surface area contributed by atoms with E-state index in [4.69, 9.17) is 18.8 Å². The van der Waals surface area contributed by atoms with Crippen molar-refractivity contribution in [2.24, 2.45) is 0 Å². The maximum atomic E-state index is 6.10. The third kappa shape index (κ3) is 3.99. The molecule has 6 aromatic heterocycles. The molecule has 0 unspecified atom stereocenters. The summed E-state index contributed by atoms with van der Waals surface area (Å²) < 4.78 is 14.5. The van der Waals surface area contributed by atoms with Crippen molar-refractivity contribution in [1.82, 2.24) is 9.97 Å². The molecule has 0 saturated heterocycles. The molecule has 0 spiro atoms. The number of para-hydroxylation sites is 2. The van der Waals surface area contributed by atoms with Crippen LogP contribution in [0.3, 0.4) is 0 Å². The Hall–Kier alpha value is -4.60. The number of thiazole rings is 2. The average molecular weight is 639 g/mol. The number of thiophene rings is 2. The number of hydrogen-bond acceptors (Lipinski definition) is 8. The van der Waals surface area contributed by atoms with Crippen LogP contribution in [0.4, 0.5) is 0 Å². The molecule has 0 fully saturated rings. The number of rotatable bonds is 4. The van der Waals surface area contributed by atoms with Crippen molar-refractivity contribution in [2.45, 2.75) is 0 Å². The molecule has 0 radical (unpaired) electrons. The summed E-state index contributed by atoms with van der Waals surface area (Å²) in [7, 11) is 0. The fraction of sp³-hybridized carbons (Fsp3) is 0. The summed E-state index contributed by atoms with van der Waals surface area (Å²) in [6.07, 6.45) is 0. The zero-order chi connectivity index (χ0) is 28.8. The zero-order valence-electron chi connectivity index (χ0n) is 22.7. The SMILES string of the molecule is c1ccc2oc(-c3ccc(-c4nc5cc6cc7sc(-c8ccc(-c9cc%10ccccc%10o9)s8)nc7cc6cc5s4)s3)cc2c1. The predicted octanol–water partition coefficient (Wildman–Crippen LogP) is 12.3. The van der Waals surface area contributed by atoms with E-state index in [1.807, 2.05) is 36.4 Å². The Labute approximate surface area is 266 Å². The maximum Gasteiger partial charge on any atom is 0.145 e. The Kier molecular flexibility index (Phi) is 5.33. The van der Waals surface area contributed by atoms with Crippen molar-refractivity contribution in [3.8, 4) is 41.0 Å². The van der Waals surface area contributed by atoms with Crippen LogP contribution in [0.15, 0.2) is 118 Å². The van der Waals surface area contributed by atoms with Crippen LogP contribution in [0.25, 0.3) is 94.2 Å². The van der Waals surface area contributed by atoms with Crippen LogP contribution in [-0.4, -0.2) is 9.97 Å². The molecule has 10 aromatic rings. The lowest BCUT2D eigenvalue weighted by Gasteiger charge is -1.97. The highest BCUT2D eigenvalue weighted by atomic mass is 32.1. The minimum Gasteiger partial charge on any atom is -0.455 e. The number of furan rings is 2. The van der Waals surface area contributed by atoms with Gasteiger partial charge in [0.25, 0.3) is 0 Å². The molecule has 0 bridgehead atoms. The molecule has 208 valence electrons. The van der Waals surface area contributed by atoms with Crippen LogP contribution in [0, 0.1) is 0 Å². The maximum absolute atomic E-state index is 6.10. The molecule has 0 aliphatic heterocycles. The summed E-state index contributed by atoms with van der Waals surface area (Å²) in [5.74, 6) is 1.80. The molecule has 4 nitrogen and oxygen atoms in total. The van der Waals surface area contributed by atoms with E-state index in [-0.39, 0.29) is 0 Å². The van der Waals surface area contributed by atoms with Gasteiger partial charge in [-0.3, -0.25) is 0 Å². The van der Waals surface area contributed by atoms with Gasteiger partial charge in [0.2, 0.25) is 0 Å². The van der Waals surface area contributed by atoms with E-state index in [0.717, 1.165) is 74.0 Å². The lowest BCUT2D eigenvalue weighted by Crippen LogP contribution is -1.76. The zero-order valence-corrected chi connectivity index (χ0v) is 26.0. The van der Waals surface area contributed by atoms with E-state index in [1.165, 1.54) is 20.2 Å². The Morgan fingerprint density at radius 3 is 1.34 bits per heavy atom. The first-order valence-corrected chi connectivity index (χ1v) is 17.3. The fourth-order valence-electron chi connectivity index (χ4n) is 5.68. The number of aromatic nitrogens is 2. The molecule has 0 amide bonds. The monoisotopic (exact) mass is 638 g/mol. The Morgan fingerprint density at radius 2 is 0.864 bits per heavy atom. The van der Waals surface area contributed by atoms with Gasteiger partial charge in [-0.2, -0.15) is 0 Å². The van der Waals surface area contributed by atoms with E-state index in [9.17, 15) is 0 Å². The van der Waals surface area contributed by atoms with Crippen LogP contribution >= 0.6 is 45.3 Å². The van der Waals surface area contributed by atoms with E-state index in [1.54, 1.807) is 45.3 Å². The highest BCUT2D eigenvalue weighted by Gasteiger charge is 2.16. The first-order chi connectivity index (χ1) is 21.7. The van der Waals surface area contributed by atoms with Crippen molar-refractivity contribution in [2.75, 3.05) is 0 Å². The number of fused-ring (bicyclic) bond motifs is 5. The van der Waals surface area contributed by atoms with Crippen LogP contribution < -0.4 is 0 Å². The molecule has 44 heavy (non-hydrogen) atoms. The number of benzene rings is 4. The van der Waals surface area contributed by atoms with Gasteiger partial charge in [-0.1, -0.05) is 36.4 Å². The molecule has 8 heteroatoms. The Bertz CT molecular complexity index is 2380. The van der Waals surface area contributed by atoms with Crippen molar-refractivity contribution >= 4 is 98.5 Å². The molecular formula is C36H18N2O2S4. The first-order valence-electron chi connectivity index (χ1n) is 14.0. The third-order valence-electron chi connectivity index (χ3n) is 7.82. The lowest BCUT2D eigenvalue weighted by atomic mass is 10.1. The molecule has 10 rings (SSSR count). The average Bonchev–Trinajstić information content (AvgIpc) is 3.88. The highest BCUT2D eigenvalue weighted by Crippen LogP contribution is 2.43. The third-order valence-corrected chi connectivity index (χ3v) is 12.4. The van der Waals surface area contributed by atoms with Gasteiger partial charge in [0.1, 0.15) is 32.7 Å². The van der Waals surface area contributed by atoms with Gasteiger partial charge in [0.05, 0.1) is 39.9 Å². The summed E-state index contributed by atoms with van der Waals surface area (Å²) in [4.78, 5) is 14.6. The number of nitrogens with zero attached hydrogens (tertiary/aromatic N) is 2. The summed E-state index contributed by atoms with van der Waals surface area (Å²) >= 11 is 6.90. The van der Waals surface area contributed by atoms with Gasteiger partial charge in [0, 0.05) is 10.8 Å². The minimum atomic E-state index is 0.898. The van der Waals surface area contributed by atoms with Gasteiger partial charge in [-0.25, -0.2) is 9.97 Å². The summed E-state index contributed by atoms with van der Waals surface area (Å²) in [6.45, 7) is 0. The molecule has 0 aliphatic rings. The Balaban J connectivity index is 0.980. The van der Waals surface area contributed by atoms with Crippen LogP contribution in [0.1, 0.15) is 0 Å². The van der Waals surface area contributed by atoms with Gasteiger partial charge >= 0.3 is 0 Å². The number of hydrogen-bond donors (Lipinski definition) is 0.